The van der Waals surface area contributed by atoms with Gasteiger partial charge in [0.05, 0.1) is 6.61 Å². The molecule has 1 aliphatic heterocycles. The molecule has 0 amide bonds. The van der Waals surface area contributed by atoms with Crippen molar-refractivity contribution in [3.8, 4) is 11.8 Å². The van der Waals surface area contributed by atoms with Crippen molar-refractivity contribution in [3.63, 3.8) is 0 Å². The van der Waals surface area contributed by atoms with Crippen molar-refractivity contribution in [2.45, 2.75) is 31.7 Å². The van der Waals surface area contributed by atoms with E-state index in [1.807, 2.05) is 24.0 Å². The van der Waals surface area contributed by atoms with Crippen LogP contribution in [0, 0.1) is 12.7 Å². The number of aliphatic hydroxyl groups is 1. The van der Waals surface area contributed by atoms with E-state index in [1.54, 1.807) is 18.2 Å². The fourth-order valence-electron chi connectivity index (χ4n) is 4.44. The average Bonchev–Trinajstić information content (AvgIpc) is 3.49. The lowest BCUT2D eigenvalue weighted by Gasteiger charge is -2.33. The molecule has 1 saturated heterocycles. The lowest BCUT2D eigenvalue weighted by molar-refractivity contribution is 0.235. The fourth-order valence-corrected chi connectivity index (χ4v) is 4.44. The molecule has 1 aromatic carbocycles. The van der Waals surface area contributed by atoms with Gasteiger partial charge >= 0.3 is 6.01 Å². The van der Waals surface area contributed by atoms with Crippen LogP contribution in [0.4, 0.5) is 21.8 Å². The molecule has 0 bridgehead atoms. The van der Waals surface area contributed by atoms with Crippen molar-refractivity contribution in [2.75, 3.05) is 36.5 Å². The molecule has 182 valence electrons. The highest BCUT2D eigenvalue weighted by Crippen LogP contribution is 2.40. The smallest absolute Gasteiger partial charge is 0.326 e. The van der Waals surface area contributed by atoms with Crippen LogP contribution >= 0.6 is 0 Å². The highest BCUT2D eigenvalue weighted by Gasteiger charge is 2.26. The predicted molar refractivity (Wildman–Crippen MR) is 130 cm³/mol. The largest absolute Gasteiger partial charge is 0.421 e. The van der Waals surface area contributed by atoms with E-state index in [2.05, 4.69) is 35.8 Å². The maximum Gasteiger partial charge on any atom is 0.326 e. The maximum absolute atomic E-state index is 15.2. The molecule has 1 aliphatic carbocycles. The summed E-state index contributed by atoms with van der Waals surface area (Å²) in [5.74, 6) is 1.87. The van der Waals surface area contributed by atoms with E-state index >= 15 is 4.39 Å². The number of hydrogen-bond donors (Lipinski definition) is 5. The van der Waals surface area contributed by atoms with Gasteiger partial charge in [-0.3, -0.25) is 5.10 Å². The molecule has 1 saturated carbocycles. The third kappa shape index (κ3) is 4.52. The van der Waals surface area contributed by atoms with Gasteiger partial charge in [0, 0.05) is 66.0 Å². The van der Waals surface area contributed by atoms with Crippen LogP contribution < -0.4 is 20.3 Å². The summed E-state index contributed by atoms with van der Waals surface area (Å²) in [4.78, 5) is 14.2. The zero-order chi connectivity index (χ0) is 23.9. The molecular formula is C24H27FN8O2. The van der Waals surface area contributed by atoms with Crippen LogP contribution in [0.1, 0.15) is 30.1 Å². The Kier molecular flexibility index (Phi) is 5.50. The first kappa shape index (κ1) is 21.8. The van der Waals surface area contributed by atoms with E-state index in [4.69, 9.17) is 4.74 Å². The van der Waals surface area contributed by atoms with Gasteiger partial charge in [0.1, 0.15) is 11.6 Å². The van der Waals surface area contributed by atoms with Crippen molar-refractivity contribution in [2.24, 2.45) is 0 Å². The third-order valence-electron chi connectivity index (χ3n) is 6.40. The molecule has 1 atom stereocenters. The minimum absolute atomic E-state index is 0.0209. The summed E-state index contributed by atoms with van der Waals surface area (Å²) in [6.45, 7) is 3.87. The van der Waals surface area contributed by atoms with Gasteiger partial charge in [0.2, 0.25) is 0 Å². The van der Waals surface area contributed by atoms with Crippen LogP contribution in [0.25, 0.3) is 10.9 Å². The summed E-state index contributed by atoms with van der Waals surface area (Å²) in [6.07, 6.45) is 2.34. The number of ether oxygens (including phenoxy) is 1. The summed E-state index contributed by atoms with van der Waals surface area (Å²) >= 11 is 0. The van der Waals surface area contributed by atoms with Gasteiger partial charge in [-0.1, -0.05) is 0 Å². The number of H-pyrrole nitrogens is 2. The third-order valence-corrected chi connectivity index (χ3v) is 6.40. The number of fused-ring (bicyclic) bond motifs is 1. The van der Waals surface area contributed by atoms with E-state index in [1.165, 1.54) is 12.8 Å². The van der Waals surface area contributed by atoms with Crippen LogP contribution in [0.2, 0.25) is 0 Å². The maximum atomic E-state index is 15.2. The molecule has 2 aliphatic rings. The summed E-state index contributed by atoms with van der Waals surface area (Å²) in [5.41, 5.74) is 2.66. The number of aryl methyl sites for hydroxylation is 1. The quantitative estimate of drug-likeness (QED) is 0.274. The predicted octanol–water partition coefficient (Wildman–Crippen LogP) is 3.31. The second-order valence-electron chi connectivity index (χ2n) is 9.17. The van der Waals surface area contributed by atoms with Gasteiger partial charge in [0.15, 0.2) is 17.4 Å². The highest BCUT2D eigenvalue weighted by molar-refractivity contribution is 5.82. The lowest BCUT2D eigenvalue weighted by Crippen LogP contribution is -2.52. The number of rotatable bonds is 7. The van der Waals surface area contributed by atoms with Gasteiger partial charge in [-0.15, -0.1) is 0 Å². The molecule has 3 aromatic heterocycles. The zero-order valence-corrected chi connectivity index (χ0v) is 19.3. The Morgan fingerprint density at radius 3 is 2.91 bits per heavy atom. The number of piperazine rings is 1. The second-order valence-corrected chi connectivity index (χ2v) is 9.17. The van der Waals surface area contributed by atoms with Crippen LogP contribution in [0.3, 0.4) is 0 Å². The minimum Gasteiger partial charge on any atom is -0.421 e. The van der Waals surface area contributed by atoms with Crippen LogP contribution in [-0.2, 0) is 0 Å². The van der Waals surface area contributed by atoms with E-state index in [9.17, 15) is 5.11 Å². The molecule has 1 unspecified atom stereocenters. The summed E-state index contributed by atoms with van der Waals surface area (Å²) < 4.78 is 21.0. The van der Waals surface area contributed by atoms with Crippen molar-refractivity contribution >= 4 is 28.4 Å². The topological polar surface area (TPSA) is 127 Å². The first-order valence-electron chi connectivity index (χ1n) is 11.8. The first-order valence-corrected chi connectivity index (χ1v) is 11.8. The van der Waals surface area contributed by atoms with E-state index < -0.39 is 5.82 Å². The molecule has 2 fully saturated rings. The Bertz CT molecular complexity index is 1370. The summed E-state index contributed by atoms with van der Waals surface area (Å²) in [6, 6.07) is 8.83. The number of aliphatic hydroxyl groups excluding tert-OH is 1. The monoisotopic (exact) mass is 478 g/mol. The summed E-state index contributed by atoms with van der Waals surface area (Å²) in [5, 5.41) is 24.0. The van der Waals surface area contributed by atoms with Crippen molar-refractivity contribution in [1.29, 1.82) is 0 Å². The number of anilines is 3. The Hall–Kier alpha value is -3.70. The van der Waals surface area contributed by atoms with E-state index in [0.717, 1.165) is 11.4 Å². The Morgan fingerprint density at radius 1 is 1.20 bits per heavy atom. The van der Waals surface area contributed by atoms with Gasteiger partial charge in [-0.2, -0.15) is 15.1 Å². The molecule has 6 rings (SSSR count). The molecule has 5 N–H and O–H groups in total. The second kappa shape index (κ2) is 8.82. The Labute approximate surface area is 200 Å². The number of halogens is 1. The van der Waals surface area contributed by atoms with Gasteiger partial charge in [-0.05, 0) is 38.0 Å². The number of nitrogens with one attached hydrogen (secondary N) is 4. The fraction of sp³-hybridized carbons (Fsp3) is 0.375. The standard InChI is InChI=1S/C24H27FN8O2/c1-13-8-16-17(27-13)4-5-19(23(16)25)35-24-29-20(28-21-9-18(31-32-21)14-2-3-14)10-22(30-24)33-7-6-26-15(11-33)12-34/h4-5,8-10,14-15,26-27,34H,2-3,6-7,11-12H2,1H3,(H2,28,29,30,31,32). The van der Waals surface area contributed by atoms with Gasteiger partial charge in [-0.25, -0.2) is 4.39 Å². The summed E-state index contributed by atoms with van der Waals surface area (Å²) in [7, 11) is 0. The van der Waals surface area contributed by atoms with Crippen molar-refractivity contribution in [1.82, 2.24) is 30.5 Å². The molecule has 4 aromatic rings. The SMILES string of the molecule is Cc1cc2c(F)c(Oc3nc(Nc4cc(C5CC5)[nH]n4)cc(N4CCNC(CO)C4)n3)ccc2[nH]1. The van der Waals surface area contributed by atoms with Gasteiger partial charge in [0.25, 0.3) is 0 Å². The number of benzene rings is 1. The molecule has 4 heterocycles. The molecule has 35 heavy (non-hydrogen) atoms. The molecule has 0 spiro atoms. The van der Waals surface area contributed by atoms with E-state index in [-0.39, 0.29) is 24.4 Å². The Morgan fingerprint density at radius 2 is 2.09 bits per heavy atom. The van der Waals surface area contributed by atoms with Gasteiger partial charge < -0.3 is 30.4 Å². The number of aromatic nitrogens is 5. The molecular weight excluding hydrogens is 451 g/mol. The van der Waals surface area contributed by atoms with Crippen LogP contribution in [0.5, 0.6) is 11.8 Å². The normalized spacial score (nSPS) is 18.3. The first-order chi connectivity index (χ1) is 17.1. The number of aromatic amines is 2. The number of nitrogens with zero attached hydrogens (tertiary/aromatic N) is 4. The van der Waals surface area contributed by atoms with Crippen LogP contribution in [-0.4, -0.2) is 62.5 Å². The van der Waals surface area contributed by atoms with Crippen LogP contribution in [0.15, 0.2) is 30.3 Å². The molecule has 11 heteroatoms. The highest BCUT2D eigenvalue weighted by atomic mass is 19.1. The van der Waals surface area contributed by atoms with Crippen molar-refractivity contribution in [3.05, 3.63) is 47.5 Å². The van der Waals surface area contributed by atoms with Crippen molar-refractivity contribution < 1.29 is 14.2 Å². The lowest BCUT2D eigenvalue weighted by atomic mass is 10.2. The van der Waals surface area contributed by atoms with E-state index in [0.29, 0.717) is 53.9 Å². The molecule has 0 radical (unpaired) electrons. The number of hydrogen-bond acceptors (Lipinski definition) is 8. The minimum atomic E-state index is -0.473. The average molecular weight is 479 g/mol. The Balaban J connectivity index is 1.33. The zero-order valence-electron chi connectivity index (χ0n) is 19.3. The molecule has 10 nitrogen and oxygen atoms in total.